The summed E-state index contributed by atoms with van der Waals surface area (Å²) in [4.78, 5) is 37.2. The van der Waals surface area contributed by atoms with Crippen LogP contribution in [-0.2, 0) is 9.59 Å². The van der Waals surface area contributed by atoms with E-state index in [0.717, 1.165) is 0 Å². The Morgan fingerprint density at radius 3 is 1.27 bits per heavy atom. The van der Waals surface area contributed by atoms with Gasteiger partial charge in [0, 0.05) is 36.6 Å². The van der Waals surface area contributed by atoms with Crippen LogP contribution in [-0.4, -0.2) is 55.1 Å². The lowest BCUT2D eigenvalue weighted by Gasteiger charge is -2.17. The van der Waals surface area contributed by atoms with Crippen LogP contribution < -0.4 is 9.80 Å². The highest BCUT2D eigenvalue weighted by molar-refractivity contribution is 6.09. The molecule has 0 unspecified atom stereocenters. The number of likely N-dealkylation sites (N-methyl/N-ethyl adjacent to an activating group) is 2. The van der Waals surface area contributed by atoms with Crippen molar-refractivity contribution in [2.45, 2.75) is 0 Å². The van der Waals surface area contributed by atoms with E-state index in [2.05, 4.69) is 0 Å². The molecule has 7 heteroatoms. The van der Waals surface area contributed by atoms with Crippen LogP contribution in [0, 0.1) is 0 Å². The van der Waals surface area contributed by atoms with Gasteiger partial charge >= 0.3 is 11.9 Å². The van der Waals surface area contributed by atoms with Gasteiger partial charge in [0.2, 0.25) is 0 Å². The van der Waals surface area contributed by atoms with Crippen molar-refractivity contribution >= 4 is 29.1 Å². The Labute approximate surface area is 151 Å². The predicted molar refractivity (Wildman–Crippen MR) is 98.1 cm³/mol. The number of aliphatic carboxylic acids is 2. The summed E-state index contributed by atoms with van der Waals surface area (Å²) in [5, 5.41) is 17.6. The van der Waals surface area contributed by atoms with E-state index in [4.69, 9.17) is 10.2 Å². The molecule has 2 aromatic rings. The molecule has 0 fully saturated rings. The molecule has 0 amide bonds. The van der Waals surface area contributed by atoms with Crippen molar-refractivity contribution in [3.05, 3.63) is 59.7 Å². The van der Waals surface area contributed by atoms with E-state index < -0.39 is 11.9 Å². The number of rotatable bonds is 8. The first kappa shape index (κ1) is 19.0. The number of carbonyl (C=O) groups is 3. The third-order valence-electron chi connectivity index (χ3n) is 3.89. The molecule has 0 heterocycles. The second kappa shape index (κ2) is 8.15. The van der Waals surface area contributed by atoms with Crippen molar-refractivity contribution in [3.8, 4) is 0 Å². The number of hydrogen-bond donors (Lipinski definition) is 2. The van der Waals surface area contributed by atoms with Crippen LogP contribution in [0.2, 0.25) is 0 Å². The summed E-state index contributed by atoms with van der Waals surface area (Å²) in [5.41, 5.74) is 2.39. The molecule has 2 aromatic carbocycles. The Balaban J connectivity index is 2.11. The van der Waals surface area contributed by atoms with Gasteiger partial charge in [-0.15, -0.1) is 0 Å². The normalized spacial score (nSPS) is 10.2. The van der Waals surface area contributed by atoms with Gasteiger partial charge in [-0.1, -0.05) is 0 Å². The fourth-order valence-electron chi connectivity index (χ4n) is 2.49. The van der Waals surface area contributed by atoms with E-state index >= 15 is 0 Å². The first-order valence-electron chi connectivity index (χ1n) is 7.88. The molecule has 0 aromatic heterocycles. The Hall–Kier alpha value is -3.35. The third kappa shape index (κ3) is 4.83. The van der Waals surface area contributed by atoms with Crippen molar-refractivity contribution < 1.29 is 24.6 Å². The Kier molecular flexibility index (Phi) is 5.95. The average molecular weight is 356 g/mol. The molecule has 0 aliphatic rings. The second-order valence-corrected chi connectivity index (χ2v) is 5.92. The van der Waals surface area contributed by atoms with Crippen LogP contribution in [0.25, 0.3) is 0 Å². The first-order valence-corrected chi connectivity index (χ1v) is 7.88. The molecule has 0 atom stereocenters. The minimum absolute atomic E-state index is 0.126. The van der Waals surface area contributed by atoms with Crippen LogP contribution in [0.15, 0.2) is 48.5 Å². The zero-order valence-electron chi connectivity index (χ0n) is 14.5. The van der Waals surface area contributed by atoms with Gasteiger partial charge in [0.15, 0.2) is 5.78 Å². The molecule has 7 nitrogen and oxygen atoms in total. The maximum Gasteiger partial charge on any atom is 0.323 e. The predicted octanol–water partition coefficient (Wildman–Crippen LogP) is 1.96. The smallest absolute Gasteiger partial charge is 0.323 e. The van der Waals surface area contributed by atoms with Crippen molar-refractivity contribution in [2.24, 2.45) is 0 Å². The van der Waals surface area contributed by atoms with Gasteiger partial charge in [-0.2, -0.15) is 0 Å². The molecule has 2 rings (SSSR count). The van der Waals surface area contributed by atoms with Gasteiger partial charge in [0.05, 0.1) is 0 Å². The van der Waals surface area contributed by atoms with Gasteiger partial charge in [0.1, 0.15) is 13.1 Å². The standard InChI is InChI=1S/C19H20N2O5/c1-20(11-17(22)23)15-7-3-13(4-8-15)19(26)14-5-9-16(10-6-14)21(2)12-18(24)25/h3-10H,11-12H2,1-2H3,(H,22,23)(H,24,25). The number of carboxylic acid groups (broad SMARTS) is 2. The number of ketones is 1. The summed E-state index contributed by atoms with van der Waals surface area (Å²) < 4.78 is 0. The van der Waals surface area contributed by atoms with Gasteiger partial charge in [-0.05, 0) is 48.5 Å². The lowest BCUT2D eigenvalue weighted by atomic mass is 10.0. The molecule has 0 saturated heterocycles. The quantitative estimate of drug-likeness (QED) is 0.698. The number of anilines is 2. The lowest BCUT2D eigenvalue weighted by Crippen LogP contribution is -2.25. The number of nitrogens with zero attached hydrogens (tertiary/aromatic N) is 2. The molecule has 0 aliphatic heterocycles. The summed E-state index contributed by atoms with van der Waals surface area (Å²) in [6.07, 6.45) is 0. The highest BCUT2D eigenvalue weighted by Crippen LogP contribution is 2.19. The minimum atomic E-state index is -0.930. The van der Waals surface area contributed by atoms with Gasteiger partial charge in [0.25, 0.3) is 0 Å². The fourth-order valence-corrected chi connectivity index (χ4v) is 2.49. The largest absolute Gasteiger partial charge is 0.480 e. The van der Waals surface area contributed by atoms with Crippen LogP contribution in [0.5, 0.6) is 0 Å². The van der Waals surface area contributed by atoms with Crippen LogP contribution in [0.1, 0.15) is 15.9 Å². The van der Waals surface area contributed by atoms with E-state index in [-0.39, 0.29) is 18.9 Å². The van der Waals surface area contributed by atoms with Crippen molar-refractivity contribution in [1.82, 2.24) is 0 Å². The van der Waals surface area contributed by atoms with Gasteiger partial charge in [-0.3, -0.25) is 14.4 Å². The van der Waals surface area contributed by atoms with E-state index in [1.165, 1.54) is 0 Å². The van der Waals surface area contributed by atoms with Crippen molar-refractivity contribution in [3.63, 3.8) is 0 Å². The second-order valence-electron chi connectivity index (χ2n) is 5.92. The summed E-state index contributed by atoms with van der Waals surface area (Å²) in [6.45, 7) is -0.253. The molecule has 2 N–H and O–H groups in total. The molecular weight excluding hydrogens is 336 g/mol. The summed E-state index contributed by atoms with van der Waals surface area (Å²) in [6, 6.07) is 13.4. The van der Waals surface area contributed by atoms with Crippen molar-refractivity contribution in [2.75, 3.05) is 37.0 Å². The Morgan fingerprint density at radius 2 is 1.00 bits per heavy atom. The minimum Gasteiger partial charge on any atom is -0.480 e. The molecule has 0 saturated carbocycles. The van der Waals surface area contributed by atoms with Crippen LogP contribution in [0.3, 0.4) is 0 Å². The van der Waals surface area contributed by atoms with E-state index in [0.29, 0.717) is 22.5 Å². The average Bonchev–Trinajstić information content (AvgIpc) is 2.60. The zero-order chi connectivity index (χ0) is 19.3. The monoisotopic (exact) mass is 356 g/mol. The van der Waals surface area contributed by atoms with Crippen molar-refractivity contribution in [1.29, 1.82) is 0 Å². The van der Waals surface area contributed by atoms with Crippen LogP contribution >= 0.6 is 0 Å². The number of carboxylic acids is 2. The highest BCUT2D eigenvalue weighted by atomic mass is 16.4. The highest BCUT2D eigenvalue weighted by Gasteiger charge is 2.12. The SMILES string of the molecule is CN(CC(=O)O)c1ccc(C(=O)c2ccc(N(C)CC(=O)O)cc2)cc1. The summed E-state index contributed by atoms with van der Waals surface area (Å²) in [7, 11) is 3.33. The number of benzene rings is 2. The lowest BCUT2D eigenvalue weighted by molar-refractivity contribution is -0.136. The number of hydrogen-bond acceptors (Lipinski definition) is 5. The van der Waals surface area contributed by atoms with E-state index in [1.807, 2.05) is 0 Å². The third-order valence-corrected chi connectivity index (χ3v) is 3.89. The fraction of sp³-hybridized carbons (Fsp3) is 0.211. The molecule has 0 bridgehead atoms. The Morgan fingerprint density at radius 1 is 0.692 bits per heavy atom. The Bertz CT molecular complexity index is 732. The zero-order valence-corrected chi connectivity index (χ0v) is 14.5. The van der Waals surface area contributed by atoms with Crippen LogP contribution in [0.4, 0.5) is 11.4 Å². The molecule has 0 radical (unpaired) electrons. The topological polar surface area (TPSA) is 98.2 Å². The van der Waals surface area contributed by atoms with E-state index in [1.54, 1.807) is 72.4 Å². The molecule has 136 valence electrons. The van der Waals surface area contributed by atoms with E-state index in [9.17, 15) is 14.4 Å². The molecule has 0 spiro atoms. The molecule has 0 aliphatic carbocycles. The number of carbonyl (C=O) groups excluding carboxylic acids is 1. The maximum atomic E-state index is 12.5. The van der Waals surface area contributed by atoms with Gasteiger partial charge < -0.3 is 20.0 Å². The molecule has 26 heavy (non-hydrogen) atoms. The molecular formula is C19H20N2O5. The maximum absolute atomic E-state index is 12.5. The summed E-state index contributed by atoms with van der Waals surface area (Å²) in [5.74, 6) is -2.02. The van der Waals surface area contributed by atoms with Gasteiger partial charge in [-0.25, -0.2) is 0 Å². The first-order chi connectivity index (χ1) is 12.3. The summed E-state index contributed by atoms with van der Waals surface area (Å²) >= 11 is 0.